The van der Waals surface area contributed by atoms with Gasteiger partial charge in [-0.15, -0.1) is 0 Å². The molecule has 1 N–H and O–H groups in total. The van der Waals surface area contributed by atoms with Gasteiger partial charge in [-0.1, -0.05) is 18.5 Å². The number of halogens is 1. The van der Waals surface area contributed by atoms with E-state index in [0.717, 1.165) is 58.5 Å². The molecule has 1 aliphatic carbocycles. The van der Waals surface area contributed by atoms with E-state index in [1.54, 1.807) is 18.6 Å². The number of pyridine rings is 1. The van der Waals surface area contributed by atoms with Crippen LogP contribution in [0.15, 0.2) is 40.3 Å². The second kappa shape index (κ2) is 8.61. The molecular weight excluding hydrogens is 406 g/mol. The molecule has 3 aromatic rings. The molecule has 4 rings (SSSR count). The number of hydrogen-bond acceptors (Lipinski definition) is 8. The zero-order chi connectivity index (χ0) is 20.4. The normalized spacial score (nSPS) is 13.4. The fourth-order valence-corrected chi connectivity index (χ4v) is 4.33. The lowest BCUT2D eigenvalue weighted by molar-refractivity contribution is 0.425. The van der Waals surface area contributed by atoms with Gasteiger partial charge in [0, 0.05) is 43.0 Å². The van der Waals surface area contributed by atoms with Crippen LogP contribution in [0.1, 0.15) is 24.6 Å². The Bertz CT molecular complexity index is 1080. The molecule has 3 aromatic heterocycles. The molecule has 0 amide bonds. The van der Waals surface area contributed by atoms with E-state index in [1.165, 1.54) is 17.3 Å². The lowest BCUT2D eigenvalue weighted by atomic mass is 10.2. The van der Waals surface area contributed by atoms with Crippen molar-refractivity contribution in [2.45, 2.75) is 29.8 Å². The van der Waals surface area contributed by atoms with E-state index < -0.39 is 0 Å². The summed E-state index contributed by atoms with van der Waals surface area (Å²) in [5.74, 6) is 0.793. The minimum Gasteiger partial charge on any atom is -0.368 e. The Morgan fingerprint density at radius 3 is 2.79 bits per heavy atom. The van der Waals surface area contributed by atoms with Gasteiger partial charge < -0.3 is 10.2 Å². The zero-order valence-corrected chi connectivity index (χ0v) is 18.2. The smallest absolute Gasteiger partial charge is 0.194 e. The summed E-state index contributed by atoms with van der Waals surface area (Å²) >= 11 is 8.12. The van der Waals surface area contributed by atoms with E-state index in [1.807, 2.05) is 20.2 Å². The van der Waals surface area contributed by atoms with Gasteiger partial charge in [0.15, 0.2) is 10.8 Å². The zero-order valence-electron chi connectivity index (χ0n) is 16.6. The Balaban J connectivity index is 1.65. The van der Waals surface area contributed by atoms with Gasteiger partial charge in [0.05, 0.1) is 16.3 Å². The van der Waals surface area contributed by atoms with Crippen molar-refractivity contribution >= 4 is 45.4 Å². The molecule has 0 radical (unpaired) electrons. The molecule has 9 heteroatoms. The lowest BCUT2D eigenvalue weighted by Gasteiger charge is -2.14. The third-order valence-corrected chi connectivity index (χ3v) is 5.94. The number of fused-ring (bicyclic) bond motifs is 2. The minimum atomic E-state index is 0.626. The van der Waals surface area contributed by atoms with Crippen molar-refractivity contribution in [1.29, 1.82) is 0 Å². The molecule has 29 heavy (non-hydrogen) atoms. The number of nitrogens with zero attached hydrogens (tertiary/aromatic N) is 6. The van der Waals surface area contributed by atoms with Crippen molar-refractivity contribution in [1.82, 2.24) is 29.8 Å². The first-order valence-electron chi connectivity index (χ1n) is 9.47. The summed E-state index contributed by atoms with van der Waals surface area (Å²) in [6.07, 6.45) is 6.75. The average molecular weight is 428 g/mol. The molecule has 3 heterocycles. The maximum atomic E-state index is 6.65. The van der Waals surface area contributed by atoms with E-state index >= 15 is 0 Å². The summed E-state index contributed by atoms with van der Waals surface area (Å²) in [7, 11) is 4.09. The van der Waals surface area contributed by atoms with Crippen LogP contribution in [0.4, 0.5) is 5.82 Å². The minimum absolute atomic E-state index is 0.626. The number of nitrogens with one attached hydrogen (secondary N) is 1. The van der Waals surface area contributed by atoms with Crippen LogP contribution < -0.4 is 5.32 Å². The van der Waals surface area contributed by atoms with Gasteiger partial charge in [-0.25, -0.2) is 19.9 Å². The van der Waals surface area contributed by atoms with Gasteiger partial charge in [-0.3, -0.25) is 4.98 Å². The highest BCUT2D eigenvalue weighted by molar-refractivity contribution is 7.99. The van der Waals surface area contributed by atoms with Crippen molar-refractivity contribution in [2.24, 2.45) is 0 Å². The molecule has 0 spiro atoms. The molecule has 0 aromatic carbocycles. The maximum absolute atomic E-state index is 6.65. The fourth-order valence-electron chi connectivity index (χ4n) is 3.15. The molecule has 0 aliphatic heterocycles. The Hall–Kier alpha value is -2.29. The number of likely N-dealkylation sites (N-methyl/N-ethyl adjacent to an activating group) is 1. The summed E-state index contributed by atoms with van der Waals surface area (Å²) in [5.41, 5.74) is 4.50. The van der Waals surface area contributed by atoms with Gasteiger partial charge in [-0.2, -0.15) is 0 Å². The van der Waals surface area contributed by atoms with Crippen molar-refractivity contribution < 1.29 is 0 Å². The second-order valence-corrected chi connectivity index (χ2v) is 8.45. The summed E-state index contributed by atoms with van der Waals surface area (Å²) in [6, 6.07) is 1.96. The van der Waals surface area contributed by atoms with Crippen LogP contribution in [0.25, 0.3) is 16.2 Å². The molecule has 7 nitrogen and oxygen atoms in total. The van der Waals surface area contributed by atoms with Crippen molar-refractivity contribution in [3.05, 3.63) is 41.5 Å². The van der Waals surface area contributed by atoms with Gasteiger partial charge in [0.1, 0.15) is 11.3 Å². The topological polar surface area (TPSA) is 79.7 Å². The van der Waals surface area contributed by atoms with Crippen molar-refractivity contribution in [2.75, 3.05) is 32.5 Å². The highest BCUT2D eigenvalue weighted by atomic mass is 35.5. The quantitative estimate of drug-likeness (QED) is 0.569. The Kier molecular flexibility index (Phi) is 5.94. The van der Waals surface area contributed by atoms with E-state index in [9.17, 15) is 0 Å². The molecule has 0 fully saturated rings. The molecule has 0 saturated heterocycles. The van der Waals surface area contributed by atoms with Crippen LogP contribution in [-0.4, -0.2) is 57.0 Å². The van der Waals surface area contributed by atoms with E-state index in [4.69, 9.17) is 21.6 Å². The molecular formula is C20H22ClN7S. The lowest BCUT2D eigenvalue weighted by Crippen LogP contribution is -2.21. The first-order valence-corrected chi connectivity index (χ1v) is 10.7. The first kappa shape index (κ1) is 20.0. The van der Waals surface area contributed by atoms with Gasteiger partial charge in [0.25, 0.3) is 0 Å². The second-order valence-electron chi connectivity index (χ2n) is 7.03. The highest BCUT2D eigenvalue weighted by Gasteiger charge is 2.26. The number of rotatable bonds is 7. The molecule has 1 aliphatic rings. The largest absolute Gasteiger partial charge is 0.368 e. The Labute approximate surface area is 179 Å². The molecule has 0 saturated carbocycles. The predicted molar refractivity (Wildman–Crippen MR) is 117 cm³/mol. The number of allylic oxidation sites excluding steroid dienone is 1. The van der Waals surface area contributed by atoms with Gasteiger partial charge in [0.2, 0.25) is 0 Å². The van der Waals surface area contributed by atoms with E-state index in [2.05, 4.69) is 32.1 Å². The van der Waals surface area contributed by atoms with Crippen LogP contribution in [0, 0.1) is 0 Å². The Morgan fingerprint density at radius 2 is 2.00 bits per heavy atom. The SMILES string of the molecule is CCC1=C(Cl)c2c(nc(Sc3cnc4nccnc4c3)nc2NCCN(C)C)C1. The highest BCUT2D eigenvalue weighted by Crippen LogP contribution is 2.41. The van der Waals surface area contributed by atoms with Crippen LogP contribution in [-0.2, 0) is 6.42 Å². The first-order chi connectivity index (χ1) is 14.0. The Morgan fingerprint density at radius 1 is 1.17 bits per heavy atom. The average Bonchev–Trinajstić information content (AvgIpc) is 3.03. The summed E-state index contributed by atoms with van der Waals surface area (Å²) in [4.78, 5) is 25.5. The summed E-state index contributed by atoms with van der Waals surface area (Å²) in [6.45, 7) is 3.80. The maximum Gasteiger partial charge on any atom is 0.194 e. The standard InChI is InChI=1S/C20H22ClN7S/c1-4-12-9-14-16(17(12)21)19(24-7-8-28(2)3)27-20(26-14)29-13-10-15-18(25-11-13)23-6-5-22-15/h5-6,10-11H,4,7-9H2,1-3H3,(H,24,26,27). The van der Waals surface area contributed by atoms with Gasteiger partial charge >= 0.3 is 0 Å². The van der Waals surface area contributed by atoms with Crippen molar-refractivity contribution in [3.8, 4) is 0 Å². The predicted octanol–water partition coefficient (Wildman–Crippen LogP) is 3.86. The molecule has 0 atom stereocenters. The van der Waals surface area contributed by atoms with Crippen LogP contribution >= 0.6 is 23.4 Å². The van der Waals surface area contributed by atoms with E-state index in [0.29, 0.717) is 10.8 Å². The summed E-state index contributed by atoms with van der Waals surface area (Å²) < 4.78 is 0. The van der Waals surface area contributed by atoms with E-state index in [-0.39, 0.29) is 0 Å². The van der Waals surface area contributed by atoms with Crippen LogP contribution in [0.5, 0.6) is 0 Å². The third kappa shape index (κ3) is 4.34. The van der Waals surface area contributed by atoms with Crippen LogP contribution in [0.3, 0.4) is 0 Å². The molecule has 150 valence electrons. The monoisotopic (exact) mass is 427 g/mol. The number of anilines is 1. The fraction of sp³-hybridized carbons (Fsp3) is 0.350. The summed E-state index contributed by atoms with van der Waals surface area (Å²) in [5, 5.41) is 4.90. The third-order valence-electron chi connectivity index (χ3n) is 4.66. The van der Waals surface area contributed by atoms with Gasteiger partial charge in [-0.05, 0) is 43.9 Å². The van der Waals surface area contributed by atoms with Crippen LogP contribution in [0.2, 0.25) is 0 Å². The number of aromatic nitrogens is 5. The van der Waals surface area contributed by atoms with Crippen molar-refractivity contribution in [3.63, 3.8) is 0 Å². The molecule has 0 bridgehead atoms. The number of hydrogen-bond donors (Lipinski definition) is 1. The molecule has 0 unspecified atom stereocenters.